The summed E-state index contributed by atoms with van der Waals surface area (Å²) in [7, 11) is 2.06. The van der Waals surface area contributed by atoms with E-state index in [1.165, 1.54) is 10.9 Å². The molecule has 2 rings (SSSR count). The summed E-state index contributed by atoms with van der Waals surface area (Å²) in [4.78, 5) is 0. The SMILES string of the molecule is CC.CC.Cn1ccc2ccccc21.[V]. The Morgan fingerprint density at radius 2 is 1.40 bits per heavy atom. The van der Waals surface area contributed by atoms with Crippen molar-refractivity contribution in [2.24, 2.45) is 7.05 Å². The fourth-order valence-corrected chi connectivity index (χ4v) is 1.22. The van der Waals surface area contributed by atoms with Crippen molar-refractivity contribution in [3.05, 3.63) is 36.5 Å². The van der Waals surface area contributed by atoms with Gasteiger partial charge in [0.15, 0.2) is 0 Å². The molecule has 1 aromatic heterocycles. The second-order valence-corrected chi connectivity index (χ2v) is 2.49. The van der Waals surface area contributed by atoms with Crippen LogP contribution in [0.5, 0.6) is 0 Å². The predicted molar refractivity (Wildman–Crippen MR) is 65.6 cm³/mol. The van der Waals surface area contributed by atoms with Crippen molar-refractivity contribution in [2.75, 3.05) is 0 Å². The van der Waals surface area contributed by atoms with Gasteiger partial charge in [-0.2, -0.15) is 0 Å². The molecule has 0 spiro atoms. The molecule has 0 unspecified atom stereocenters. The van der Waals surface area contributed by atoms with Crippen molar-refractivity contribution < 1.29 is 18.6 Å². The third kappa shape index (κ3) is 4.59. The number of benzene rings is 1. The molecule has 1 heterocycles. The van der Waals surface area contributed by atoms with Crippen LogP contribution in [0.4, 0.5) is 0 Å². The Bertz CT molecular complexity index is 352. The number of aryl methyl sites for hydroxylation is 1. The topological polar surface area (TPSA) is 4.93 Å². The van der Waals surface area contributed by atoms with Crippen LogP contribution in [0.3, 0.4) is 0 Å². The van der Waals surface area contributed by atoms with Crippen LogP contribution in [0.1, 0.15) is 27.7 Å². The van der Waals surface area contributed by atoms with E-state index >= 15 is 0 Å². The minimum Gasteiger partial charge on any atom is -0.351 e. The molecule has 0 aliphatic carbocycles. The zero-order valence-corrected chi connectivity index (χ0v) is 11.8. The second kappa shape index (κ2) is 9.88. The van der Waals surface area contributed by atoms with E-state index in [9.17, 15) is 0 Å². The van der Waals surface area contributed by atoms with E-state index in [-0.39, 0.29) is 18.6 Å². The molecule has 2 heteroatoms. The molecule has 0 aliphatic rings. The Morgan fingerprint density at radius 3 is 1.93 bits per heavy atom. The van der Waals surface area contributed by atoms with E-state index in [0.29, 0.717) is 0 Å². The van der Waals surface area contributed by atoms with Crippen LogP contribution >= 0.6 is 0 Å². The quantitative estimate of drug-likeness (QED) is 0.651. The van der Waals surface area contributed by atoms with Crippen LogP contribution < -0.4 is 0 Å². The molecular formula is C13H21NV. The normalized spacial score (nSPS) is 7.80. The van der Waals surface area contributed by atoms with Crippen LogP contribution in [-0.4, -0.2) is 4.57 Å². The first-order valence-corrected chi connectivity index (χ1v) is 5.38. The minimum absolute atomic E-state index is 0. The Balaban J connectivity index is 0. The van der Waals surface area contributed by atoms with Crippen molar-refractivity contribution in [3.63, 3.8) is 0 Å². The molecule has 0 atom stereocenters. The summed E-state index contributed by atoms with van der Waals surface area (Å²) >= 11 is 0. The fourth-order valence-electron chi connectivity index (χ4n) is 1.22. The van der Waals surface area contributed by atoms with Gasteiger partial charge < -0.3 is 4.57 Å². The summed E-state index contributed by atoms with van der Waals surface area (Å²) < 4.78 is 2.12. The third-order valence-electron chi connectivity index (χ3n) is 1.79. The monoisotopic (exact) mass is 242 g/mol. The van der Waals surface area contributed by atoms with Gasteiger partial charge in [0, 0.05) is 37.3 Å². The van der Waals surface area contributed by atoms with Gasteiger partial charge in [0.1, 0.15) is 0 Å². The van der Waals surface area contributed by atoms with Gasteiger partial charge in [-0.05, 0) is 17.5 Å². The van der Waals surface area contributed by atoms with Gasteiger partial charge in [0.05, 0.1) is 0 Å². The second-order valence-electron chi connectivity index (χ2n) is 2.49. The van der Waals surface area contributed by atoms with Crippen molar-refractivity contribution in [1.29, 1.82) is 0 Å². The molecule has 0 saturated carbocycles. The summed E-state index contributed by atoms with van der Waals surface area (Å²) in [6, 6.07) is 10.5. The van der Waals surface area contributed by atoms with Gasteiger partial charge in [-0.25, -0.2) is 0 Å². The molecule has 1 aromatic carbocycles. The molecule has 0 bridgehead atoms. The van der Waals surface area contributed by atoms with Gasteiger partial charge in [0.25, 0.3) is 0 Å². The van der Waals surface area contributed by atoms with Crippen molar-refractivity contribution in [1.82, 2.24) is 4.57 Å². The molecule has 0 aliphatic heterocycles. The van der Waals surface area contributed by atoms with Crippen LogP contribution in [0.2, 0.25) is 0 Å². The first-order valence-electron chi connectivity index (χ1n) is 5.38. The molecule has 83 valence electrons. The van der Waals surface area contributed by atoms with E-state index in [4.69, 9.17) is 0 Å². The van der Waals surface area contributed by atoms with Gasteiger partial charge in [-0.15, -0.1) is 0 Å². The first kappa shape index (κ1) is 16.8. The number of rotatable bonds is 0. The number of aromatic nitrogens is 1. The van der Waals surface area contributed by atoms with Crippen LogP contribution in [0.15, 0.2) is 36.5 Å². The van der Waals surface area contributed by atoms with Gasteiger partial charge in [-0.3, -0.25) is 0 Å². The number of fused-ring (bicyclic) bond motifs is 1. The van der Waals surface area contributed by atoms with Crippen molar-refractivity contribution >= 4 is 10.9 Å². The fraction of sp³-hybridized carbons (Fsp3) is 0.385. The predicted octanol–water partition coefficient (Wildman–Crippen LogP) is 4.23. The Morgan fingerprint density at radius 1 is 0.867 bits per heavy atom. The molecular weight excluding hydrogens is 221 g/mol. The zero-order valence-electron chi connectivity index (χ0n) is 10.4. The standard InChI is InChI=1S/C9H9N.2C2H6.V/c1-10-7-6-8-4-2-3-5-9(8)10;2*1-2;/h2-7H,1H3;2*1-2H3;. The molecule has 1 radical (unpaired) electrons. The molecule has 0 N–H and O–H groups in total. The van der Waals surface area contributed by atoms with Crippen LogP contribution in [-0.2, 0) is 25.6 Å². The zero-order chi connectivity index (χ0) is 11.0. The minimum atomic E-state index is 0. The maximum absolute atomic E-state index is 2.12. The van der Waals surface area contributed by atoms with Crippen molar-refractivity contribution in [3.8, 4) is 0 Å². The van der Waals surface area contributed by atoms with E-state index in [1.54, 1.807) is 0 Å². The Labute approximate surface area is 105 Å². The Hall–Kier alpha value is -0.656. The third-order valence-corrected chi connectivity index (χ3v) is 1.79. The smallest absolute Gasteiger partial charge is 0.0477 e. The van der Waals surface area contributed by atoms with E-state index in [0.717, 1.165) is 0 Å². The average molecular weight is 242 g/mol. The van der Waals surface area contributed by atoms with E-state index in [1.807, 2.05) is 27.7 Å². The number of nitrogens with zero attached hydrogens (tertiary/aromatic N) is 1. The largest absolute Gasteiger partial charge is 0.351 e. The molecule has 0 fully saturated rings. The molecule has 2 aromatic rings. The molecule has 15 heavy (non-hydrogen) atoms. The molecule has 0 amide bonds. The van der Waals surface area contributed by atoms with Gasteiger partial charge in [0.2, 0.25) is 0 Å². The number of para-hydroxylation sites is 1. The average Bonchev–Trinajstić information content (AvgIpc) is 2.67. The van der Waals surface area contributed by atoms with Crippen LogP contribution in [0.25, 0.3) is 10.9 Å². The summed E-state index contributed by atoms with van der Waals surface area (Å²) in [5, 5.41) is 1.31. The molecule has 0 saturated heterocycles. The van der Waals surface area contributed by atoms with Gasteiger partial charge >= 0.3 is 0 Å². The number of hydrogen-bond acceptors (Lipinski definition) is 0. The van der Waals surface area contributed by atoms with Crippen LogP contribution in [0, 0.1) is 0 Å². The summed E-state index contributed by atoms with van der Waals surface area (Å²) in [5.41, 5.74) is 1.29. The summed E-state index contributed by atoms with van der Waals surface area (Å²) in [6.07, 6.45) is 2.07. The molecule has 1 nitrogen and oxygen atoms in total. The first-order chi connectivity index (χ1) is 6.88. The summed E-state index contributed by atoms with van der Waals surface area (Å²) in [5.74, 6) is 0. The van der Waals surface area contributed by atoms with E-state index in [2.05, 4.69) is 48.1 Å². The Kier molecular flexibility index (Phi) is 11.0. The maximum atomic E-state index is 2.12. The van der Waals surface area contributed by atoms with Crippen molar-refractivity contribution in [2.45, 2.75) is 27.7 Å². The maximum Gasteiger partial charge on any atom is 0.0477 e. The van der Waals surface area contributed by atoms with Gasteiger partial charge in [-0.1, -0.05) is 45.9 Å². The van der Waals surface area contributed by atoms with E-state index < -0.39 is 0 Å². The number of hydrogen-bond donors (Lipinski definition) is 0. The summed E-state index contributed by atoms with van der Waals surface area (Å²) in [6.45, 7) is 8.00.